The molecule has 0 bridgehead atoms. The second kappa shape index (κ2) is 3.18. The third kappa shape index (κ3) is 1.55. The standard InChI is InChI=1S/C10H9NOS/c1-7-6-11-10(13)8-4-2-3-5-9(8)12-7/h2-6H,1H3,(H,11,13). The van der Waals surface area contributed by atoms with Crippen molar-refractivity contribution in [2.24, 2.45) is 0 Å². The summed E-state index contributed by atoms with van der Waals surface area (Å²) < 4.78 is 5.54. The van der Waals surface area contributed by atoms with Gasteiger partial charge in [0.2, 0.25) is 0 Å². The molecule has 2 nitrogen and oxygen atoms in total. The molecular formula is C10H9NOS. The molecule has 1 aromatic carbocycles. The fourth-order valence-electron chi connectivity index (χ4n) is 1.19. The van der Waals surface area contributed by atoms with Gasteiger partial charge in [-0.2, -0.15) is 0 Å². The lowest BCUT2D eigenvalue weighted by atomic mass is 10.2. The number of hydrogen-bond donors (Lipinski definition) is 1. The molecule has 1 aromatic rings. The highest BCUT2D eigenvalue weighted by Gasteiger charge is 2.11. The SMILES string of the molecule is CC1=CNC(=S)c2ccccc2O1. The van der Waals surface area contributed by atoms with Crippen LogP contribution in [0.5, 0.6) is 5.75 Å². The van der Waals surface area contributed by atoms with Crippen molar-refractivity contribution in [3.05, 3.63) is 41.8 Å². The van der Waals surface area contributed by atoms with Crippen LogP contribution in [0.25, 0.3) is 0 Å². The van der Waals surface area contributed by atoms with Gasteiger partial charge in [-0.25, -0.2) is 0 Å². The van der Waals surface area contributed by atoms with Gasteiger partial charge in [0, 0.05) is 6.20 Å². The molecule has 0 unspecified atom stereocenters. The minimum absolute atomic E-state index is 0.701. The smallest absolute Gasteiger partial charge is 0.137 e. The Hall–Kier alpha value is -1.35. The van der Waals surface area contributed by atoms with E-state index in [4.69, 9.17) is 17.0 Å². The average Bonchev–Trinajstić information content (AvgIpc) is 2.27. The van der Waals surface area contributed by atoms with Crippen molar-refractivity contribution >= 4 is 17.2 Å². The van der Waals surface area contributed by atoms with Crippen molar-refractivity contribution < 1.29 is 4.74 Å². The molecule has 1 aliphatic rings. The van der Waals surface area contributed by atoms with E-state index in [0.29, 0.717) is 4.99 Å². The Kier molecular flexibility index (Phi) is 2.02. The fraction of sp³-hybridized carbons (Fsp3) is 0.100. The fourth-order valence-corrected chi connectivity index (χ4v) is 1.42. The summed E-state index contributed by atoms with van der Waals surface area (Å²) in [7, 11) is 0. The predicted molar refractivity (Wildman–Crippen MR) is 55.7 cm³/mol. The first-order chi connectivity index (χ1) is 6.27. The molecule has 66 valence electrons. The molecule has 0 saturated carbocycles. The Morgan fingerprint density at radius 1 is 1.31 bits per heavy atom. The van der Waals surface area contributed by atoms with Crippen LogP contribution in [-0.2, 0) is 0 Å². The maximum Gasteiger partial charge on any atom is 0.137 e. The number of nitrogens with one attached hydrogen (secondary N) is 1. The van der Waals surface area contributed by atoms with E-state index in [2.05, 4.69) is 5.32 Å². The van der Waals surface area contributed by atoms with Gasteiger partial charge in [0.25, 0.3) is 0 Å². The number of para-hydroxylation sites is 1. The molecule has 0 atom stereocenters. The van der Waals surface area contributed by atoms with E-state index in [1.165, 1.54) is 0 Å². The molecule has 0 saturated heterocycles. The molecule has 0 fully saturated rings. The van der Waals surface area contributed by atoms with E-state index in [-0.39, 0.29) is 0 Å². The van der Waals surface area contributed by atoms with Gasteiger partial charge in [-0.05, 0) is 19.1 Å². The Balaban J connectivity index is 2.51. The van der Waals surface area contributed by atoms with E-state index >= 15 is 0 Å². The molecule has 3 heteroatoms. The molecule has 0 aromatic heterocycles. The van der Waals surface area contributed by atoms with E-state index in [1.807, 2.05) is 31.2 Å². The minimum atomic E-state index is 0.701. The van der Waals surface area contributed by atoms with Gasteiger partial charge in [0.1, 0.15) is 16.5 Å². The third-order valence-corrected chi connectivity index (χ3v) is 2.15. The summed E-state index contributed by atoms with van der Waals surface area (Å²) in [5, 5.41) is 2.99. The molecule has 0 aliphatic carbocycles. The first-order valence-electron chi connectivity index (χ1n) is 4.02. The summed E-state index contributed by atoms with van der Waals surface area (Å²) in [6, 6.07) is 7.72. The van der Waals surface area contributed by atoms with Crippen molar-refractivity contribution in [3.63, 3.8) is 0 Å². The topological polar surface area (TPSA) is 21.3 Å². The molecule has 1 aliphatic heterocycles. The van der Waals surface area contributed by atoms with Crippen LogP contribution in [0.15, 0.2) is 36.2 Å². The maximum absolute atomic E-state index is 5.54. The number of thiocarbonyl (C=S) groups is 1. The van der Waals surface area contributed by atoms with Crippen molar-refractivity contribution in [3.8, 4) is 5.75 Å². The van der Waals surface area contributed by atoms with E-state index in [9.17, 15) is 0 Å². The molecule has 2 rings (SSSR count). The summed E-state index contributed by atoms with van der Waals surface area (Å²) in [6.45, 7) is 1.89. The number of ether oxygens (including phenoxy) is 1. The molecule has 0 amide bonds. The first kappa shape index (κ1) is 8.26. The van der Waals surface area contributed by atoms with Crippen molar-refractivity contribution in [1.82, 2.24) is 5.32 Å². The lowest BCUT2D eigenvalue weighted by molar-refractivity contribution is 0.427. The summed E-state index contributed by atoms with van der Waals surface area (Å²) in [4.78, 5) is 0.701. The molecular weight excluding hydrogens is 182 g/mol. The van der Waals surface area contributed by atoms with Crippen molar-refractivity contribution in [1.29, 1.82) is 0 Å². The summed E-state index contributed by atoms with van der Waals surface area (Å²) in [5.41, 5.74) is 0.936. The van der Waals surface area contributed by atoms with Crippen LogP contribution < -0.4 is 10.1 Å². The Labute approximate surface area is 82.2 Å². The highest BCUT2D eigenvalue weighted by molar-refractivity contribution is 7.80. The van der Waals surface area contributed by atoms with Crippen LogP contribution >= 0.6 is 12.2 Å². The van der Waals surface area contributed by atoms with Crippen molar-refractivity contribution in [2.45, 2.75) is 6.92 Å². The maximum atomic E-state index is 5.54. The largest absolute Gasteiger partial charge is 0.460 e. The third-order valence-electron chi connectivity index (χ3n) is 1.81. The summed E-state index contributed by atoms with van der Waals surface area (Å²) in [5.74, 6) is 1.62. The van der Waals surface area contributed by atoms with Gasteiger partial charge in [-0.1, -0.05) is 24.4 Å². The average molecular weight is 191 g/mol. The van der Waals surface area contributed by atoms with Gasteiger partial charge >= 0.3 is 0 Å². The zero-order chi connectivity index (χ0) is 9.26. The lowest BCUT2D eigenvalue weighted by Crippen LogP contribution is -2.14. The van der Waals surface area contributed by atoms with Gasteiger partial charge in [-0.3, -0.25) is 0 Å². The molecule has 0 spiro atoms. The van der Waals surface area contributed by atoms with Crippen molar-refractivity contribution in [2.75, 3.05) is 0 Å². The Morgan fingerprint density at radius 3 is 2.92 bits per heavy atom. The second-order valence-electron chi connectivity index (χ2n) is 2.83. The lowest BCUT2D eigenvalue weighted by Gasteiger charge is -2.06. The highest BCUT2D eigenvalue weighted by Crippen LogP contribution is 2.22. The molecule has 13 heavy (non-hydrogen) atoms. The monoisotopic (exact) mass is 191 g/mol. The normalized spacial score (nSPS) is 14.8. The summed E-state index contributed by atoms with van der Waals surface area (Å²) in [6.07, 6.45) is 1.77. The van der Waals surface area contributed by atoms with Gasteiger partial charge in [-0.15, -0.1) is 0 Å². The first-order valence-corrected chi connectivity index (χ1v) is 4.43. The number of hydrogen-bond acceptors (Lipinski definition) is 2. The van der Waals surface area contributed by atoms with Crippen LogP contribution in [-0.4, -0.2) is 4.99 Å². The zero-order valence-electron chi connectivity index (χ0n) is 7.20. The van der Waals surface area contributed by atoms with Crippen LogP contribution in [0.1, 0.15) is 12.5 Å². The quantitative estimate of drug-likeness (QED) is 0.635. The van der Waals surface area contributed by atoms with Crippen LogP contribution in [0.4, 0.5) is 0 Å². The Morgan fingerprint density at radius 2 is 2.08 bits per heavy atom. The molecule has 1 heterocycles. The van der Waals surface area contributed by atoms with Gasteiger partial charge in [0.05, 0.1) is 5.56 Å². The van der Waals surface area contributed by atoms with Gasteiger partial charge < -0.3 is 10.1 Å². The predicted octanol–water partition coefficient (Wildman–Crippen LogP) is 2.21. The second-order valence-corrected chi connectivity index (χ2v) is 3.23. The summed E-state index contributed by atoms with van der Waals surface area (Å²) >= 11 is 5.16. The zero-order valence-corrected chi connectivity index (χ0v) is 8.02. The molecule has 1 N–H and O–H groups in total. The van der Waals surface area contributed by atoms with Gasteiger partial charge in [0.15, 0.2) is 0 Å². The van der Waals surface area contributed by atoms with E-state index in [0.717, 1.165) is 17.1 Å². The highest BCUT2D eigenvalue weighted by atomic mass is 32.1. The van der Waals surface area contributed by atoms with Crippen LogP contribution in [0.2, 0.25) is 0 Å². The number of fused-ring (bicyclic) bond motifs is 1. The van der Waals surface area contributed by atoms with E-state index < -0.39 is 0 Å². The Bertz CT molecular complexity index is 384. The number of benzene rings is 1. The molecule has 0 radical (unpaired) electrons. The number of allylic oxidation sites excluding steroid dienone is 1. The van der Waals surface area contributed by atoms with Crippen LogP contribution in [0.3, 0.4) is 0 Å². The van der Waals surface area contributed by atoms with Crippen LogP contribution in [0, 0.1) is 0 Å². The van der Waals surface area contributed by atoms with E-state index in [1.54, 1.807) is 6.20 Å². The minimum Gasteiger partial charge on any atom is -0.460 e. The number of rotatable bonds is 0.